The van der Waals surface area contributed by atoms with Crippen molar-refractivity contribution in [2.75, 3.05) is 20.1 Å². The van der Waals surface area contributed by atoms with Crippen LogP contribution in [-0.2, 0) is 6.42 Å². The van der Waals surface area contributed by atoms with Crippen molar-refractivity contribution in [2.24, 2.45) is 0 Å². The van der Waals surface area contributed by atoms with Crippen molar-refractivity contribution >= 4 is 6.09 Å². The Hall–Kier alpha value is -1.55. The predicted molar refractivity (Wildman–Crippen MR) is 75.4 cm³/mol. The van der Waals surface area contributed by atoms with Crippen LogP contribution in [0.15, 0.2) is 30.3 Å². The van der Waals surface area contributed by atoms with Gasteiger partial charge in [-0.05, 0) is 32.9 Å². The molecule has 1 aromatic rings. The van der Waals surface area contributed by atoms with Gasteiger partial charge in [-0.15, -0.1) is 0 Å². The lowest BCUT2D eigenvalue weighted by Gasteiger charge is -2.51. The fourth-order valence-corrected chi connectivity index (χ4v) is 2.97. The summed E-state index contributed by atoms with van der Waals surface area (Å²) >= 11 is 0. The highest BCUT2D eigenvalue weighted by atomic mass is 16.4. The van der Waals surface area contributed by atoms with Gasteiger partial charge in [0.2, 0.25) is 0 Å². The van der Waals surface area contributed by atoms with Crippen molar-refractivity contribution < 1.29 is 9.90 Å². The van der Waals surface area contributed by atoms with Gasteiger partial charge in [0.15, 0.2) is 0 Å². The number of rotatable bonds is 2. The van der Waals surface area contributed by atoms with Gasteiger partial charge in [-0.3, -0.25) is 9.80 Å². The normalized spacial score (nSPS) is 28.4. The third kappa shape index (κ3) is 2.59. The molecule has 104 valence electrons. The second kappa shape index (κ2) is 5.21. The van der Waals surface area contributed by atoms with E-state index < -0.39 is 6.09 Å². The van der Waals surface area contributed by atoms with Crippen molar-refractivity contribution in [1.29, 1.82) is 0 Å². The first-order valence-electron chi connectivity index (χ1n) is 6.70. The van der Waals surface area contributed by atoms with E-state index in [9.17, 15) is 9.90 Å². The van der Waals surface area contributed by atoms with Gasteiger partial charge in [-0.2, -0.15) is 0 Å². The van der Waals surface area contributed by atoms with Gasteiger partial charge in [0, 0.05) is 19.1 Å². The number of nitrogens with zero attached hydrogens (tertiary/aromatic N) is 2. The molecule has 2 atom stereocenters. The second-order valence-corrected chi connectivity index (χ2v) is 5.61. The Balaban J connectivity index is 2.31. The molecule has 1 aliphatic heterocycles. The van der Waals surface area contributed by atoms with Crippen LogP contribution in [0.2, 0.25) is 0 Å². The van der Waals surface area contributed by atoms with Gasteiger partial charge in [0.05, 0.1) is 5.54 Å². The number of carboxylic acid groups (broad SMARTS) is 1. The van der Waals surface area contributed by atoms with E-state index in [1.165, 1.54) is 5.56 Å². The van der Waals surface area contributed by atoms with Crippen molar-refractivity contribution in [1.82, 2.24) is 9.80 Å². The van der Waals surface area contributed by atoms with Gasteiger partial charge in [-0.25, -0.2) is 4.79 Å². The highest BCUT2D eigenvalue weighted by Crippen LogP contribution is 2.30. The maximum absolute atomic E-state index is 11.5. The van der Waals surface area contributed by atoms with Crippen molar-refractivity contribution in [2.45, 2.75) is 31.8 Å². The van der Waals surface area contributed by atoms with Gasteiger partial charge in [-0.1, -0.05) is 30.3 Å². The van der Waals surface area contributed by atoms with Crippen molar-refractivity contribution in [3.63, 3.8) is 0 Å². The molecular formula is C15H22N2O2. The molecule has 0 aliphatic carbocycles. The van der Waals surface area contributed by atoms with E-state index in [0.717, 1.165) is 13.0 Å². The van der Waals surface area contributed by atoms with Crippen LogP contribution in [0.4, 0.5) is 4.79 Å². The summed E-state index contributed by atoms with van der Waals surface area (Å²) in [5, 5.41) is 9.46. The third-order valence-corrected chi connectivity index (χ3v) is 4.49. The zero-order valence-corrected chi connectivity index (χ0v) is 11.8. The lowest BCUT2D eigenvalue weighted by Crippen LogP contribution is -2.67. The maximum Gasteiger partial charge on any atom is 0.407 e. The predicted octanol–water partition coefficient (Wildman–Crippen LogP) is 2.30. The molecule has 4 heteroatoms. The number of hydrogen-bond acceptors (Lipinski definition) is 2. The van der Waals surface area contributed by atoms with E-state index in [-0.39, 0.29) is 11.6 Å². The largest absolute Gasteiger partial charge is 0.465 e. The lowest BCUT2D eigenvalue weighted by molar-refractivity contribution is -0.0130. The van der Waals surface area contributed by atoms with Crippen LogP contribution < -0.4 is 0 Å². The molecule has 1 amide bonds. The summed E-state index contributed by atoms with van der Waals surface area (Å²) in [4.78, 5) is 15.4. The molecule has 1 aliphatic rings. The molecule has 1 aromatic carbocycles. The van der Waals surface area contributed by atoms with Crippen molar-refractivity contribution in [3.8, 4) is 0 Å². The van der Waals surface area contributed by atoms with Crippen LogP contribution in [-0.4, -0.2) is 52.7 Å². The zero-order chi connectivity index (χ0) is 14.0. The Bertz CT molecular complexity index is 449. The Labute approximate surface area is 114 Å². The van der Waals surface area contributed by atoms with E-state index in [0.29, 0.717) is 6.54 Å². The third-order valence-electron chi connectivity index (χ3n) is 4.49. The van der Waals surface area contributed by atoms with Gasteiger partial charge in [0.25, 0.3) is 0 Å². The summed E-state index contributed by atoms with van der Waals surface area (Å²) in [5.41, 5.74) is 0.790. The van der Waals surface area contributed by atoms with Gasteiger partial charge in [0.1, 0.15) is 0 Å². The van der Waals surface area contributed by atoms with E-state index >= 15 is 0 Å². The Kier molecular flexibility index (Phi) is 3.80. The minimum Gasteiger partial charge on any atom is -0.465 e. The number of amides is 1. The molecular weight excluding hydrogens is 240 g/mol. The first-order chi connectivity index (χ1) is 8.95. The SMILES string of the molecule is C[C@@H]1N(C)CCN(C(=O)O)[C@]1(C)Cc1ccccc1. The zero-order valence-electron chi connectivity index (χ0n) is 11.8. The number of piperazine rings is 1. The van der Waals surface area contributed by atoms with Crippen LogP contribution in [0, 0.1) is 0 Å². The summed E-state index contributed by atoms with van der Waals surface area (Å²) in [6.45, 7) is 5.52. The number of carbonyl (C=O) groups is 1. The van der Waals surface area contributed by atoms with Gasteiger partial charge >= 0.3 is 6.09 Å². The molecule has 1 heterocycles. The quantitative estimate of drug-likeness (QED) is 0.889. The average Bonchev–Trinajstić information content (AvgIpc) is 2.37. The summed E-state index contributed by atoms with van der Waals surface area (Å²) in [6, 6.07) is 10.3. The molecule has 2 rings (SSSR count). The molecule has 0 saturated carbocycles. The molecule has 1 saturated heterocycles. The average molecular weight is 262 g/mol. The van der Waals surface area contributed by atoms with Crippen LogP contribution in [0.5, 0.6) is 0 Å². The van der Waals surface area contributed by atoms with Crippen LogP contribution in [0.1, 0.15) is 19.4 Å². The smallest absolute Gasteiger partial charge is 0.407 e. The summed E-state index contributed by atoms with van der Waals surface area (Å²) < 4.78 is 0. The summed E-state index contributed by atoms with van der Waals surface area (Å²) in [6.07, 6.45) is -0.0792. The molecule has 19 heavy (non-hydrogen) atoms. The van der Waals surface area contributed by atoms with E-state index in [2.05, 4.69) is 37.9 Å². The summed E-state index contributed by atoms with van der Waals surface area (Å²) in [7, 11) is 2.06. The number of benzene rings is 1. The Morgan fingerprint density at radius 3 is 2.58 bits per heavy atom. The molecule has 1 fully saturated rings. The summed E-state index contributed by atoms with van der Waals surface area (Å²) in [5.74, 6) is 0. The number of hydrogen-bond donors (Lipinski definition) is 1. The number of likely N-dealkylation sites (N-methyl/N-ethyl adjacent to an activating group) is 1. The van der Waals surface area contributed by atoms with Crippen LogP contribution in [0.25, 0.3) is 0 Å². The fourth-order valence-electron chi connectivity index (χ4n) is 2.97. The topological polar surface area (TPSA) is 43.8 Å². The van der Waals surface area contributed by atoms with Crippen LogP contribution in [0.3, 0.4) is 0 Å². The van der Waals surface area contributed by atoms with E-state index in [1.54, 1.807) is 4.90 Å². The highest BCUT2D eigenvalue weighted by Gasteiger charge is 2.45. The minimum absolute atomic E-state index is 0.192. The van der Waals surface area contributed by atoms with Crippen molar-refractivity contribution in [3.05, 3.63) is 35.9 Å². The highest BCUT2D eigenvalue weighted by molar-refractivity contribution is 5.66. The molecule has 1 N–H and O–H groups in total. The molecule has 0 bridgehead atoms. The monoisotopic (exact) mass is 262 g/mol. The fraction of sp³-hybridized carbons (Fsp3) is 0.533. The maximum atomic E-state index is 11.5. The Morgan fingerprint density at radius 1 is 1.37 bits per heavy atom. The second-order valence-electron chi connectivity index (χ2n) is 5.61. The van der Waals surface area contributed by atoms with E-state index in [4.69, 9.17) is 0 Å². The van der Waals surface area contributed by atoms with Gasteiger partial charge < -0.3 is 5.11 Å². The first kappa shape index (κ1) is 13.9. The Morgan fingerprint density at radius 2 is 2.00 bits per heavy atom. The molecule has 0 aromatic heterocycles. The molecule has 0 radical (unpaired) electrons. The molecule has 4 nitrogen and oxygen atoms in total. The van der Waals surface area contributed by atoms with Crippen LogP contribution >= 0.6 is 0 Å². The first-order valence-corrected chi connectivity index (χ1v) is 6.70. The molecule has 0 spiro atoms. The molecule has 0 unspecified atom stereocenters. The standard InChI is InChI=1S/C15H22N2O2/c1-12-15(2,11-13-7-5-4-6-8-13)17(14(18)19)10-9-16(12)3/h4-8,12H,9-11H2,1-3H3,(H,18,19)/t12-,15+/m0/s1. The minimum atomic E-state index is -0.821. The van der Waals surface area contributed by atoms with E-state index in [1.807, 2.05) is 18.2 Å². The lowest BCUT2D eigenvalue weighted by atomic mass is 9.82.